The summed E-state index contributed by atoms with van der Waals surface area (Å²) in [5, 5.41) is 4.45. The van der Waals surface area contributed by atoms with Gasteiger partial charge in [0.2, 0.25) is 0 Å². The third-order valence-electron chi connectivity index (χ3n) is 4.02. The summed E-state index contributed by atoms with van der Waals surface area (Å²) in [7, 11) is 0. The van der Waals surface area contributed by atoms with Gasteiger partial charge in [-0.2, -0.15) is 0 Å². The third-order valence-corrected chi connectivity index (χ3v) is 4.73. The lowest BCUT2D eigenvalue weighted by atomic mass is 10.2. The largest absolute Gasteiger partial charge is 0.465 e. The van der Waals surface area contributed by atoms with E-state index in [0.29, 0.717) is 40.5 Å². The summed E-state index contributed by atoms with van der Waals surface area (Å²) < 4.78 is 7.44. The number of rotatable bonds is 5. The molecular weight excluding hydrogens is 373 g/mol. The van der Waals surface area contributed by atoms with Gasteiger partial charge in [-0.3, -0.25) is 0 Å². The van der Waals surface area contributed by atoms with E-state index in [4.69, 9.17) is 27.6 Å². The highest BCUT2D eigenvalue weighted by molar-refractivity contribution is 6.35. The average molecular weight is 388 g/mol. The van der Waals surface area contributed by atoms with Crippen LogP contribution in [0.1, 0.15) is 17.1 Å². The molecule has 0 bridgehead atoms. The molecule has 0 aliphatic carbocycles. The molecule has 1 N–H and O–H groups in total. The molecule has 0 amide bonds. The SMILES string of the molecule is Cc1ccc(CNc2ncn(Cc3c(Cl)cccc3Cl)c3ncnc2-3)o1. The van der Waals surface area contributed by atoms with Gasteiger partial charge in [-0.15, -0.1) is 0 Å². The molecule has 2 aliphatic rings. The summed E-state index contributed by atoms with van der Waals surface area (Å²) in [6.07, 6.45) is 3.21. The predicted molar refractivity (Wildman–Crippen MR) is 101 cm³/mol. The Bertz CT molecular complexity index is 1010. The number of nitrogens with zero attached hydrogens (tertiary/aromatic N) is 4. The Labute approximate surface area is 160 Å². The first-order chi connectivity index (χ1) is 12.6. The summed E-state index contributed by atoms with van der Waals surface area (Å²) in [6.45, 7) is 2.88. The highest BCUT2D eigenvalue weighted by Gasteiger charge is 2.18. The van der Waals surface area contributed by atoms with Crippen LogP contribution < -0.4 is 5.32 Å². The van der Waals surface area contributed by atoms with Gasteiger partial charge in [0, 0.05) is 15.6 Å². The van der Waals surface area contributed by atoms with Crippen molar-refractivity contribution in [2.24, 2.45) is 0 Å². The Balaban J connectivity index is 1.61. The van der Waals surface area contributed by atoms with Gasteiger partial charge in [-0.25, -0.2) is 15.0 Å². The number of nitrogens with one attached hydrogen (secondary N) is 1. The first-order valence-corrected chi connectivity index (χ1v) is 8.75. The molecular formula is C18H15Cl2N5O. The van der Waals surface area contributed by atoms with E-state index in [9.17, 15) is 0 Å². The highest BCUT2D eigenvalue weighted by atomic mass is 35.5. The van der Waals surface area contributed by atoms with Crippen molar-refractivity contribution in [3.63, 3.8) is 0 Å². The summed E-state index contributed by atoms with van der Waals surface area (Å²) in [4.78, 5) is 13.2. The zero-order valence-electron chi connectivity index (χ0n) is 13.9. The highest BCUT2D eigenvalue weighted by Crippen LogP contribution is 2.29. The smallest absolute Gasteiger partial charge is 0.165 e. The molecule has 0 unspecified atom stereocenters. The van der Waals surface area contributed by atoms with Crippen LogP contribution in [0.2, 0.25) is 10.0 Å². The minimum absolute atomic E-state index is 0.457. The molecule has 2 aromatic rings. The number of halogens is 2. The Morgan fingerprint density at radius 1 is 1.08 bits per heavy atom. The van der Waals surface area contributed by atoms with Gasteiger partial charge in [0.15, 0.2) is 17.3 Å². The maximum Gasteiger partial charge on any atom is 0.165 e. The van der Waals surface area contributed by atoms with Crippen LogP contribution in [0.3, 0.4) is 0 Å². The quantitative estimate of drug-likeness (QED) is 0.539. The number of aryl methyl sites for hydroxylation is 1. The van der Waals surface area contributed by atoms with Gasteiger partial charge in [0.05, 0.1) is 19.4 Å². The van der Waals surface area contributed by atoms with Crippen molar-refractivity contribution in [3.05, 3.63) is 70.1 Å². The molecule has 0 saturated carbocycles. The summed E-state index contributed by atoms with van der Waals surface area (Å²) >= 11 is 12.6. The van der Waals surface area contributed by atoms with E-state index < -0.39 is 0 Å². The molecule has 26 heavy (non-hydrogen) atoms. The molecule has 4 rings (SSSR count). The molecule has 2 aliphatic heterocycles. The van der Waals surface area contributed by atoms with Gasteiger partial charge in [0.25, 0.3) is 0 Å². The summed E-state index contributed by atoms with van der Waals surface area (Å²) in [5.41, 5.74) is 1.50. The Morgan fingerprint density at radius 3 is 2.62 bits per heavy atom. The molecule has 8 heteroatoms. The molecule has 0 atom stereocenters. The Hall–Kier alpha value is -2.57. The molecule has 6 nitrogen and oxygen atoms in total. The number of aromatic nitrogens is 4. The fourth-order valence-electron chi connectivity index (χ4n) is 2.73. The number of anilines is 1. The van der Waals surface area contributed by atoms with Crippen LogP contribution in [-0.2, 0) is 13.1 Å². The second kappa shape index (κ2) is 6.97. The van der Waals surface area contributed by atoms with Crippen LogP contribution in [0.4, 0.5) is 5.82 Å². The summed E-state index contributed by atoms with van der Waals surface area (Å²) in [5.74, 6) is 3.05. The molecule has 0 fully saturated rings. The second-order valence-corrected chi connectivity index (χ2v) is 6.65. The van der Waals surface area contributed by atoms with E-state index >= 15 is 0 Å². The average Bonchev–Trinajstić information content (AvgIpc) is 3.26. The predicted octanol–water partition coefficient (Wildman–Crippen LogP) is 4.65. The number of benzene rings is 1. The van der Waals surface area contributed by atoms with Gasteiger partial charge in [0.1, 0.15) is 17.8 Å². The summed E-state index contributed by atoms with van der Waals surface area (Å²) in [6, 6.07) is 9.30. The Kier molecular flexibility index (Phi) is 4.53. The number of furan rings is 1. The normalized spacial score (nSPS) is 11.2. The van der Waals surface area contributed by atoms with Gasteiger partial charge in [-0.05, 0) is 31.2 Å². The standard InChI is InChI=1S/C18H15Cl2N5O/c1-11-5-6-12(26-11)7-21-17-16-18(23-9-22-16)25(10-24-17)8-13-14(19)3-2-4-15(13)20/h2-6,9-10,21H,7-8H2,1H3. The monoisotopic (exact) mass is 387 g/mol. The van der Waals surface area contributed by atoms with Crippen molar-refractivity contribution in [2.45, 2.75) is 20.0 Å². The van der Waals surface area contributed by atoms with Crippen LogP contribution in [0, 0.1) is 6.92 Å². The van der Waals surface area contributed by atoms with Crippen molar-refractivity contribution < 1.29 is 4.42 Å². The lowest BCUT2D eigenvalue weighted by Gasteiger charge is -2.15. The van der Waals surface area contributed by atoms with E-state index in [1.54, 1.807) is 6.33 Å². The molecule has 0 saturated heterocycles. The number of hydrogen-bond donors (Lipinski definition) is 1. The first kappa shape index (κ1) is 16.9. The number of hydrogen-bond acceptors (Lipinski definition) is 5. The van der Waals surface area contributed by atoms with Crippen molar-refractivity contribution in [1.82, 2.24) is 19.5 Å². The van der Waals surface area contributed by atoms with E-state index in [1.165, 1.54) is 6.33 Å². The van der Waals surface area contributed by atoms with Gasteiger partial charge < -0.3 is 14.3 Å². The fourth-order valence-corrected chi connectivity index (χ4v) is 3.25. The molecule has 0 spiro atoms. The van der Waals surface area contributed by atoms with Crippen molar-refractivity contribution >= 4 is 29.0 Å². The third kappa shape index (κ3) is 3.25. The molecule has 132 valence electrons. The van der Waals surface area contributed by atoms with E-state index in [1.807, 2.05) is 41.8 Å². The van der Waals surface area contributed by atoms with Gasteiger partial charge >= 0.3 is 0 Å². The zero-order chi connectivity index (χ0) is 18.1. The maximum absolute atomic E-state index is 6.28. The molecule has 0 radical (unpaired) electrons. The van der Waals surface area contributed by atoms with Crippen LogP contribution >= 0.6 is 23.2 Å². The number of imidazole rings is 1. The minimum Gasteiger partial charge on any atom is -0.465 e. The minimum atomic E-state index is 0.457. The van der Waals surface area contributed by atoms with Crippen molar-refractivity contribution in [3.8, 4) is 11.5 Å². The molecule has 3 heterocycles. The first-order valence-electron chi connectivity index (χ1n) is 8.00. The van der Waals surface area contributed by atoms with Gasteiger partial charge in [-0.1, -0.05) is 29.3 Å². The lowest BCUT2D eigenvalue weighted by Crippen LogP contribution is -2.11. The molecule has 1 aromatic heterocycles. The maximum atomic E-state index is 6.28. The van der Waals surface area contributed by atoms with E-state index in [0.717, 1.165) is 17.1 Å². The topological polar surface area (TPSA) is 68.8 Å². The Morgan fingerprint density at radius 2 is 1.88 bits per heavy atom. The van der Waals surface area contributed by atoms with Crippen molar-refractivity contribution in [1.29, 1.82) is 0 Å². The fraction of sp³-hybridized carbons (Fsp3) is 0.167. The van der Waals surface area contributed by atoms with Crippen LogP contribution in [0.25, 0.3) is 11.5 Å². The second-order valence-electron chi connectivity index (χ2n) is 5.83. The van der Waals surface area contributed by atoms with Crippen LogP contribution in [-0.4, -0.2) is 19.5 Å². The van der Waals surface area contributed by atoms with Crippen molar-refractivity contribution in [2.75, 3.05) is 5.32 Å². The lowest BCUT2D eigenvalue weighted by molar-refractivity contribution is 0.490. The van der Waals surface area contributed by atoms with Crippen LogP contribution in [0.5, 0.6) is 0 Å². The molecule has 1 aromatic carbocycles. The van der Waals surface area contributed by atoms with E-state index in [2.05, 4.69) is 20.3 Å². The zero-order valence-corrected chi connectivity index (χ0v) is 15.4. The van der Waals surface area contributed by atoms with E-state index in [-0.39, 0.29) is 0 Å². The van der Waals surface area contributed by atoms with Crippen LogP contribution in [0.15, 0.2) is 47.4 Å². The number of fused-ring (bicyclic) bond motifs is 1.